The van der Waals surface area contributed by atoms with Crippen molar-refractivity contribution in [2.75, 3.05) is 19.6 Å². The maximum absolute atomic E-state index is 11.9. The fourth-order valence-electron chi connectivity index (χ4n) is 2.46. The van der Waals surface area contributed by atoms with Gasteiger partial charge in [0.25, 0.3) is 0 Å². The number of likely N-dealkylation sites (tertiary alicyclic amines) is 1. The average Bonchev–Trinajstić information content (AvgIpc) is 2.46. The number of unbranched alkanes of at least 4 members (excludes halogenated alkanes) is 2. The number of nitrogens with one attached hydrogen (secondary N) is 2. The monoisotopic (exact) mass is 283 g/mol. The lowest BCUT2D eigenvalue weighted by Gasteiger charge is -2.26. The Morgan fingerprint density at radius 3 is 2.50 bits per heavy atom. The van der Waals surface area contributed by atoms with Gasteiger partial charge in [-0.05, 0) is 32.6 Å². The van der Waals surface area contributed by atoms with Crippen molar-refractivity contribution in [2.24, 2.45) is 0 Å². The summed E-state index contributed by atoms with van der Waals surface area (Å²) in [7, 11) is 0. The van der Waals surface area contributed by atoms with Gasteiger partial charge in [-0.25, -0.2) is 4.79 Å². The molecular weight excluding hydrogens is 254 g/mol. The van der Waals surface area contributed by atoms with Gasteiger partial charge in [0.1, 0.15) is 0 Å². The third-order valence-electron chi connectivity index (χ3n) is 3.73. The molecule has 1 fully saturated rings. The van der Waals surface area contributed by atoms with Crippen molar-refractivity contribution in [2.45, 2.75) is 64.8 Å². The molecule has 0 aromatic carbocycles. The van der Waals surface area contributed by atoms with E-state index in [1.807, 2.05) is 11.8 Å². The van der Waals surface area contributed by atoms with Crippen molar-refractivity contribution in [3.63, 3.8) is 0 Å². The molecule has 0 spiro atoms. The zero-order valence-electron chi connectivity index (χ0n) is 12.9. The fourth-order valence-corrected chi connectivity index (χ4v) is 2.46. The van der Waals surface area contributed by atoms with Crippen molar-refractivity contribution in [1.82, 2.24) is 15.5 Å². The van der Waals surface area contributed by atoms with Crippen molar-refractivity contribution in [3.05, 3.63) is 0 Å². The Balaban J connectivity index is 2.13. The smallest absolute Gasteiger partial charge is 0.315 e. The zero-order valence-corrected chi connectivity index (χ0v) is 12.9. The van der Waals surface area contributed by atoms with E-state index >= 15 is 0 Å². The SMILES string of the molecule is CCCCCC(C)NC(=O)NCC(=O)N1CCCCC1. The molecule has 3 amide bonds. The molecule has 1 rings (SSSR count). The molecule has 1 heterocycles. The lowest BCUT2D eigenvalue weighted by atomic mass is 10.1. The van der Waals surface area contributed by atoms with Crippen LogP contribution in [0.25, 0.3) is 0 Å². The van der Waals surface area contributed by atoms with Gasteiger partial charge in [-0.1, -0.05) is 26.2 Å². The molecule has 0 saturated carbocycles. The van der Waals surface area contributed by atoms with Crippen LogP contribution in [0.2, 0.25) is 0 Å². The third kappa shape index (κ3) is 6.78. The molecule has 0 aliphatic carbocycles. The van der Waals surface area contributed by atoms with Crippen molar-refractivity contribution in [1.29, 1.82) is 0 Å². The topological polar surface area (TPSA) is 61.4 Å². The van der Waals surface area contributed by atoms with Gasteiger partial charge in [-0.3, -0.25) is 4.79 Å². The second-order valence-corrected chi connectivity index (χ2v) is 5.67. The molecule has 0 radical (unpaired) electrons. The van der Waals surface area contributed by atoms with E-state index in [-0.39, 0.29) is 24.5 Å². The summed E-state index contributed by atoms with van der Waals surface area (Å²) in [5.74, 6) is 0.0264. The molecule has 5 nitrogen and oxygen atoms in total. The lowest BCUT2D eigenvalue weighted by molar-refractivity contribution is -0.130. The van der Waals surface area contributed by atoms with E-state index in [0.29, 0.717) is 0 Å². The first kappa shape index (κ1) is 16.8. The van der Waals surface area contributed by atoms with Crippen LogP contribution in [-0.4, -0.2) is 42.5 Å². The lowest BCUT2D eigenvalue weighted by Crippen LogP contribution is -2.47. The van der Waals surface area contributed by atoms with Crippen molar-refractivity contribution in [3.8, 4) is 0 Å². The minimum absolute atomic E-state index is 0.0264. The number of carbonyl (C=O) groups is 2. The summed E-state index contributed by atoms with van der Waals surface area (Å²) in [6.07, 6.45) is 7.85. The minimum atomic E-state index is -0.237. The van der Waals surface area contributed by atoms with Gasteiger partial charge in [-0.2, -0.15) is 0 Å². The van der Waals surface area contributed by atoms with E-state index in [9.17, 15) is 9.59 Å². The number of hydrogen-bond acceptors (Lipinski definition) is 2. The van der Waals surface area contributed by atoms with Crippen LogP contribution >= 0.6 is 0 Å². The average molecular weight is 283 g/mol. The molecule has 1 unspecified atom stereocenters. The molecule has 0 aromatic rings. The van der Waals surface area contributed by atoms with Crippen molar-refractivity contribution >= 4 is 11.9 Å². The van der Waals surface area contributed by atoms with Crippen LogP contribution in [0.4, 0.5) is 4.79 Å². The second kappa shape index (κ2) is 9.61. The van der Waals surface area contributed by atoms with E-state index in [1.165, 1.54) is 19.3 Å². The summed E-state index contributed by atoms with van der Waals surface area (Å²) in [5, 5.41) is 5.54. The van der Waals surface area contributed by atoms with E-state index < -0.39 is 0 Å². The zero-order chi connectivity index (χ0) is 14.8. The van der Waals surface area contributed by atoms with Gasteiger partial charge in [0.2, 0.25) is 5.91 Å². The van der Waals surface area contributed by atoms with Gasteiger partial charge < -0.3 is 15.5 Å². The molecule has 0 bridgehead atoms. The van der Waals surface area contributed by atoms with Crippen molar-refractivity contribution < 1.29 is 9.59 Å². The van der Waals surface area contributed by atoms with E-state index in [4.69, 9.17) is 0 Å². The number of amides is 3. The first-order valence-electron chi connectivity index (χ1n) is 7.95. The van der Waals surface area contributed by atoms with E-state index in [0.717, 1.165) is 38.8 Å². The maximum Gasteiger partial charge on any atom is 0.315 e. The Hall–Kier alpha value is -1.26. The van der Waals surface area contributed by atoms with E-state index in [2.05, 4.69) is 17.6 Å². The summed E-state index contributed by atoms with van der Waals surface area (Å²) in [6.45, 7) is 5.93. The quantitative estimate of drug-likeness (QED) is 0.704. The normalized spacial score (nSPS) is 16.6. The number of urea groups is 1. The Morgan fingerprint density at radius 2 is 1.85 bits per heavy atom. The fraction of sp³-hybridized carbons (Fsp3) is 0.867. The molecular formula is C15H29N3O2. The minimum Gasteiger partial charge on any atom is -0.341 e. The Labute approximate surface area is 122 Å². The van der Waals surface area contributed by atoms with Crippen LogP contribution in [0.3, 0.4) is 0 Å². The second-order valence-electron chi connectivity index (χ2n) is 5.67. The van der Waals surface area contributed by atoms with Crippen LogP contribution in [-0.2, 0) is 4.79 Å². The summed E-state index contributed by atoms with van der Waals surface area (Å²) in [4.78, 5) is 25.4. The highest BCUT2D eigenvalue weighted by molar-refractivity contribution is 5.84. The first-order chi connectivity index (χ1) is 9.63. The van der Waals surface area contributed by atoms with Gasteiger partial charge in [-0.15, -0.1) is 0 Å². The summed E-state index contributed by atoms with van der Waals surface area (Å²) in [6, 6.07) is -0.0778. The molecule has 1 aliphatic heterocycles. The standard InChI is InChI=1S/C15H29N3O2/c1-3-4-6-9-13(2)17-15(20)16-12-14(19)18-10-7-5-8-11-18/h13H,3-12H2,1-2H3,(H2,16,17,20). The highest BCUT2D eigenvalue weighted by Gasteiger charge is 2.17. The van der Waals surface area contributed by atoms with Gasteiger partial charge in [0.05, 0.1) is 6.54 Å². The summed E-state index contributed by atoms with van der Waals surface area (Å²) < 4.78 is 0. The number of hydrogen-bond donors (Lipinski definition) is 2. The largest absolute Gasteiger partial charge is 0.341 e. The van der Waals surface area contributed by atoms with Crippen LogP contribution in [0.15, 0.2) is 0 Å². The van der Waals surface area contributed by atoms with Gasteiger partial charge in [0.15, 0.2) is 0 Å². The van der Waals surface area contributed by atoms with Gasteiger partial charge >= 0.3 is 6.03 Å². The molecule has 5 heteroatoms. The highest BCUT2D eigenvalue weighted by atomic mass is 16.2. The van der Waals surface area contributed by atoms with Crippen LogP contribution in [0, 0.1) is 0 Å². The summed E-state index contributed by atoms with van der Waals surface area (Å²) >= 11 is 0. The molecule has 116 valence electrons. The number of nitrogens with zero attached hydrogens (tertiary/aromatic N) is 1. The van der Waals surface area contributed by atoms with E-state index in [1.54, 1.807) is 0 Å². The number of rotatable bonds is 7. The maximum atomic E-state index is 11.9. The molecule has 1 aliphatic rings. The Bertz CT molecular complexity index is 301. The van der Waals surface area contributed by atoms with Crippen LogP contribution < -0.4 is 10.6 Å². The predicted octanol–water partition coefficient (Wildman–Crippen LogP) is 2.27. The predicted molar refractivity (Wildman–Crippen MR) is 80.6 cm³/mol. The van der Waals surface area contributed by atoms with Gasteiger partial charge in [0, 0.05) is 19.1 Å². The molecule has 20 heavy (non-hydrogen) atoms. The van der Waals surface area contributed by atoms with Crippen LogP contribution in [0.1, 0.15) is 58.8 Å². The first-order valence-corrected chi connectivity index (χ1v) is 7.95. The van der Waals surface area contributed by atoms with Crippen LogP contribution in [0.5, 0.6) is 0 Å². The third-order valence-corrected chi connectivity index (χ3v) is 3.73. The molecule has 1 atom stereocenters. The Morgan fingerprint density at radius 1 is 1.15 bits per heavy atom. The number of carbonyl (C=O) groups excluding carboxylic acids is 2. The molecule has 2 N–H and O–H groups in total. The number of piperidine rings is 1. The molecule has 1 saturated heterocycles. The molecule has 0 aromatic heterocycles. The Kier molecular flexibility index (Phi) is 8.07. The summed E-state index contributed by atoms with van der Waals surface area (Å²) in [5.41, 5.74) is 0. The highest BCUT2D eigenvalue weighted by Crippen LogP contribution is 2.08.